The maximum absolute atomic E-state index is 12.0. The highest BCUT2D eigenvalue weighted by atomic mass is 32.1. The number of aryl methyl sites for hydroxylation is 1. The van der Waals surface area contributed by atoms with Gasteiger partial charge in [0.1, 0.15) is 5.00 Å². The quantitative estimate of drug-likeness (QED) is 0.810. The van der Waals surface area contributed by atoms with Gasteiger partial charge in [-0.05, 0) is 30.7 Å². The van der Waals surface area contributed by atoms with Crippen LogP contribution >= 0.6 is 11.5 Å². The average Bonchev–Trinajstić information content (AvgIpc) is 2.90. The molecule has 0 atom stereocenters. The lowest BCUT2D eigenvalue weighted by atomic mass is 10.0. The molecule has 0 bridgehead atoms. The normalized spacial score (nSPS) is 9.58. The van der Waals surface area contributed by atoms with Crippen molar-refractivity contribution < 1.29 is 4.79 Å². The van der Waals surface area contributed by atoms with Crippen molar-refractivity contribution in [2.45, 2.75) is 6.92 Å². The molecule has 0 saturated heterocycles. The summed E-state index contributed by atoms with van der Waals surface area (Å²) in [6, 6.07) is 5.35. The van der Waals surface area contributed by atoms with Gasteiger partial charge in [0.05, 0.1) is 12.7 Å². The van der Waals surface area contributed by atoms with E-state index in [1.54, 1.807) is 12.1 Å². The van der Waals surface area contributed by atoms with Crippen LogP contribution in [-0.2, 0) is 0 Å². The van der Waals surface area contributed by atoms with E-state index in [0.29, 0.717) is 17.1 Å². The van der Waals surface area contributed by atoms with E-state index in [1.807, 2.05) is 13.0 Å². The van der Waals surface area contributed by atoms with E-state index in [1.165, 1.54) is 6.20 Å². The van der Waals surface area contributed by atoms with Crippen molar-refractivity contribution in [1.82, 2.24) is 9.59 Å². The topological polar surface area (TPSA) is 80.9 Å². The fraction of sp³-hybridized carbons (Fsp3) is 0.154. The Balaban J connectivity index is 2.17. The summed E-state index contributed by atoms with van der Waals surface area (Å²) in [5, 5.41) is 7.00. The Morgan fingerprint density at radius 1 is 1.53 bits per heavy atom. The van der Waals surface area contributed by atoms with Gasteiger partial charge in [-0.2, -0.15) is 0 Å². The van der Waals surface area contributed by atoms with Crippen LogP contribution in [0.1, 0.15) is 21.5 Å². The van der Waals surface area contributed by atoms with Crippen LogP contribution in [0.4, 0.5) is 5.00 Å². The fourth-order valence-electron chi connectivity index (χ4n) is 1.50. The minimum Gasteiger partial charge on any atom is -0.320 e. The Morgan fingerprint density at radius 2 is 2.37 bits per heavy atom. The van der Waals surface area contributed by atoms with Gasteiger partial charge in [0.2, 0.25) is 0 Å². The maximum atomic E-state index is 12.0. The Kier molecular flexibility index (Phi) is 4.23. The lowest BCUT2D eigenvalue weighted by Gasteiger charge is -2.04. The number of nitrogens with one attached hydrogen (secondary N) is 1. The summed E-state index contributed by atoms with van der Waals surface area (Å²) in [5.74, 6) is 5.56. The lowest BCUT2D eigenvalue weighted by Crippen LogP contribution is -2.11. The fourth-order valence-corrected chi connectivity index (χ4v) is 1.91. The van der Waals surface area contributed by atoms with Gasteiger partial charge in [-0.15, -0.1) is 5.10 Å². The van der Waals surface area contributed by atoms with Crippen LogP contribution in [-0.4, -0.2) is 22.0 Å². The Hall–Kier alpha value is -2.23. The summed E-state index contributed by atoms with van der Waals surface area (Å²) in [7, 11) is 0. The molecule has 0 aliphatic carbocycles. The highest BCUT2D eigenvalue weighted by Gasteiger charge is 2.08. The standard InChI is InChI=1S/C13H12N4OS/c1-9-7-11(5-4-10(9)3-2-6-14)13(18)16-12-8-15-17-19-12/h4-5,7-8H,6,14H2,1H3,(H,16,18). The molecule has 1 aromatic carbocycles. The van der Waals surface area contributed by atoms with Gasteiger partial charge < -0.3 is 11.1 Å². The molecular weight excluding hydrogens is 260 g/mol. The van der Waals surface area contributed by atoms with E-state index in [9.17, 15) is 4.79 Å². The van der Waals surface area contributed by atoms with Crippen LogP contribution in [0.25, 0.3) is 0 Å². The summed E-state index contributed by atoms with van der Waals surface area (Å²) >= 11 is 1.14. The number of rotatable bonds is 2. The number of nitrogens with two attached hydrogens (primary N) is 1. The first-order chi connectivity index (χ1) is 9.20. The molecule has 0 fully saturated rings. The molecule has 1 heterocycles. The summed E-state index contributed by atoms with van der Waals surface area (Å²) in [4.78, 5) is 12.0. The SMILES string of the molecule is Cc1cc(C(=O)Nc2cnns2)ccc1C#CCN. The number of hydrogen-bond acceptors (Lipinski definition) is 5. The number of carbonyl (C=O) groups excluding carboxylic acids is 1. The second-order valence-corrected chi connectivity index (χ2v) is 4.56. The number of anilines is 1. The number of aromatic nitrogens is 2. The van der Waals surface area contributed by atoms with E-state index in [-0.39, 0.29) is 5.91 Å². The summed E-state index contributed by atoms with van der Waals surface area (Å²) in [6.45, 7) is 2.23. The molecule has 0 aliphatic rings. The number of hydrogen-bond donors (Lipinski definition) is 2. The molecule has 1 aromatic heterocycles. The second kappa shape index (κ2) is 6.09. The molecule has 0 saturated carbocycles. The molecule has 6 heteroatoms. The van der Waals surface area contributed by atoms with Gasteiger partial charge in [0.25, 0.3) is 5.91 Å². The number of nitrogens with zero attached hydrogens (tertiary/aromatic N) is 2. The van der Waals surface area contributed by atoms with E-state index >= 15 is 0 Å². The van der Waals surface area contributed by atoms with E-state index in [0.717, 1.165) is 22.7 Å². The molecule has 0 radical (unpaired) electrons. The first kappa shape index (κ1) is 13.2. The predicted molar refractivity (Wildman–Crippen MR) is 75.0 cm³/mol. The van der Waals surface area contributed by atoms with E-state index < -0.39 is 0 Å². The smallest absolute Gasteiger partial charge is 0.256 e. The first-order valence-corrected chi connectivity index (χ1v) is 6.36. The van der Waals surface area contributed by atoms with Gasteiger partial charge in [0, 0.05) is 22.7 Å². The van der Waals surface area contributed by atoms with Gasteiger partial charge in [0.15, 0.2) is 0 Å². The third-order valence-electron chi connectivity index (χ3n) is 2.41. The molecule has 0 aliphatic heterocycles. The zero-order valence-electron chi connectivity index (χ0n) is 10.3. The Morgan fingerprint density at radius 3 is 3.00 bits per heavy atom. The molecular formula is C13H12N4OS. The van der Waals surface area contributed by atoms with Crippen molar-refractivity contribution in [3.05, 3.63) is 41.1 Å². The lowest BCUT2D eigenvalue weighted by molar-refractivity contribution is 0.102. The largest absolute Gasteiger partial charge is 0.320 e. The molecule has 2 aromatic rings. The van der Waals surface area contributed by atoms with E-state index in [2.05, 4.69) is 26.7 Å². The number of carbonyl (C=O) groups is 1. The van der Waals surface area contributed by atoms with Gasteiger partial charge >= 0.3 is 0 Å². The zero-order chi connectivity index (χ0) is 13.7. The summed E-state index contributed by atoms with van der Waals surface area (Å²) in [6.07, 6.45) is 1.51. The highest BCUT2D eigenvalue weighted by Crippen LogP contribution is 2.14. The van der Waals surface area contributed by atoms with Gasteiger partial charge in [-0.1, -0.05) is 16.3 Å². The van der Waals surface area contributed by atoms with Gasteiger partial charge in [-0.3, -0.25) is 4.79 Å². The van der Waals surface area contributed by atoms with Crippen LogP contribution in [0, 0.1) is 18.8 Å². The van der Waals surface area contributed by atoms with Gasteiger partial charge in [-0.25, -0.2) is 0 Å². The predicted octanol–water partition coefficient (Wildman–Crippen LogP) is 1.41. The van der Waals surface area contributed by atoms with Crippen LogP contribution in [0.3, 0.4) is 0 Å². The highest BCUT2D eigenvalue weighted by molar-refractivity contribution is 7.10. The number of benzene rings is 1. The van der Waals surface area contributed by atoms with Crippen LogP contribution in [0.5, 0.6) is 0 Å². The van der Waals surface area contributed by atoms with Crippen molar-refractivity contribution in [3.63, 3.8) is 0 Å². The van der Waals surface area contributed by atoms with Crippen molar-refractivity contribution >= 4 is 22.4 Å². The molecule has 96 valence electrons. The Labute approximate surface area is 115 Å². The third kappa shape index (κ3) is 3.37. The van der Waals surface area contributed by atoms with Crippen LogP contribution in [0.15, 0.2) is 24.4 Å². The third-order valence-corrected chi connectivity index (χ3v) is 2.99. The zero-order valence-corrected chi connectivity index (χ0v) is 11.1. The minimum atomic E-state index is -0.188. The molecule has 5 nitrogen and oxygen atoms in total. The Bertz CT molecular complexity index is 640. The molecule has 1 amide bonds. The van der Waals surface area contributed by atoms with Crippen molar-refractivity contribution in [2.75, 3.05) is 11.9 Å². The van der Waals surface area contributed by atoms with Crippen molar-refractivity contribution in [3.8, 4) is 11.8 Å². The molecule has 0 spiro atoms. The minimum absolute atomic E-state index is 0.188. The second-order valence-electron chi connectivity index (χ2n) is 3.77. The van der Waals surface area contributed by atoms with Crippen LogP contribution in [0.2, 0.25) is 0 Å². The summed E-state index contributed by atoms with van der Waals surface area (Å²) in [5.41, 5.74) is 7.72. The first-order valence-electron chi connectivity index (χ1n) is 5.59. The maximum Gasteiger partial charge on any atom is 0.256 e. The molecule has 19 heavy (non-hydrogen) atoms. The molecule has 2 rings (SSSR count). The monoisotopic (exact) mass is 272 g/mol. The van der Waals surface area contributed by atoms with Crippen LogP contribution < -0.4 is 11.1 Å². The summed E-state index contributed by atoms with van der Waals surface area (Å²) < 4.78 is 3.68. The molecule has 3 N–H and O–H groups in total. The van der Waals surface area contributed by atoms with Crippen molar-refractivity contribution in [1.29, 1.82) is 0 Å². The van der Waals surface area contributed by atoms with E-state index in [4.69, 9.17) is 5.73 Å². The number of amides is 1. The van der Waals surface area contributed by atoms with Crippen molar-refractivity contribution in [2.24, 2.45) is 5.73 Å². The molecule has 0 unspecified atom stereocenters. The average molecular weight is 272 g/mol.